The summed E-state index contributed by atoms with van der Waals surface area (Å²) in [6, 6.07) is 2.83. The number of carbonyl (C=O) groups excluding carboxylic acids is 1. The van der Waals surface area contributed by atoms with E-state index >= 15 is 0 Å². The number of halogens is 2. The minimum Gasteiger partial charge on any atom is -0.478 e. The van der Waals surface area contributed by atoms with Crippen LogP contribution in [0.2, 0.25) is 0 Å². The summed E-state index contributed by atoms with van der Waals surface area (Å²) in [5, 5.41) is 16.4. The number of benzene rings is 1. The van der Waals surface area contributed by atoms with Crippen LogP contribution in [0, 0.1) is 18.6 Å². The highest BCUT2D eigenvalue weighted by Gasteiger charge is 2.37. The standard InChI is InChI=1S/C18H17F2N3O3/c1-9-14-15(22-21-9)11(17(25)26)7-23(8-18(14,2)3)16(24)10-4-5-12(19)13(20)6-10/h4-7H,8H2,1-3H3,(H,21,22)(H,25,26). The van der Waals surface area contributed by atoms with Crippen molar-refractivity contribution >= 4 is 17.4 Å². The Morgan fingerprint density at radius 1 is 1.27 bits per heavy atom. The molecule has 2 aromatic rings. The first-order valence-electron chi connectivity index (χ1n) is 7.89. The van der Waals surface area contributed by atoms with Crippen LogP contribution in [0.5, 0.6) is 0 Å². The van der Waals surface area contributed by atoms with Gasteiger partial charge in [0.05, 0.1) is 0 Å². The fraction of sp³-hybridized carbons (Fsp3) is 0.278. The lowest BCUT2D eigenvalue weighted by Gasteiger charge is -2.29. The summed E-state index contributed by atoms with van der Waals surface area (Å²) >= 11 is 0. The lowest BCUT2D eigenvalue weighted by atomic mass is 9.82. The summed E-state index contributed by atoms with van der Waals surface area (Å²) in [6.07, 6.45) is 1.19. The van der Waals surface area contributed by atoms with Crippen molar-refractivity contribution in [1.82, 2.24) is 15.1 Å². The van der Waals surface area contributed by atoms with Crippen LogP contribution in [-0.4, -0.2) is 38.6 Å². The van der Waals surface area contributed by atoms with E-state index in [-0.39, 0.29) is 23.4 Å². The van der Waals surface area contributed by atoms with E-state index < -0.39 is 28.9 Å². The molecule has 136 valence electrons. The van der Waals surface area contributed by atoms with Crippen LogP contribution in [0.3, 0.4) is 0 Å². The van der Waals surface area contributed by atoms with E-state index in [1.54, 1.807) is 6.92 Å². The monoisotopic (exact) mass is 361 g/mol. The molecule has 0 spiro atoms. The first-order chi connectivity index (χ1) is 12.1. The first kappa shape index (κ1) is 17.8. The Hall–Kier alpha value is -3.03. The molecule has 8 heteroatoms. The second-order valence-corrected chi connectivity index (χ2v) is 6.87. The molecule has 0 bridgehead atoms. The van der Waals surface area contributed by atoms with Gasteiger partial charge < -0.3 is 10.0 Å². The SMILES string of the molecule is Cc1[nH]nc2c1C(C)(C)CN(C(=O)c1ccc(F)c(F)c1)C=C2C(=O)O. The molecule has 1 aromatic carbocycles. The molecule has 0 unspecified atom stereocenters. The van der Waals surface area contributed by atoms with Gasteiger partial charge in [-0.15, -0.1) is 0 Å². The number of carbonyl (C=O) groups is 2. The van der Waals surface area contributed by atoms with Gasteiger partial charge in [-0.25, -0.2) is 13.6 Å². The van der Waals surface area contributed by atoms with Gasteiger partial charge in [0.15, 0.2) is 11.6 Å². The summed E-state index contributed by atoms with van der Waals surface area (Å²) in [7, 11) is 0. The van der Waals surface area contributed by atoms with Gasteiger partial charge in [-0.3, -0.25) is 9.89 Å². The Bertz CT molecular complexity index is 947. The number of fused-ring (bicyclic) bond motifs is 1. The van der Waals surface area contributed by atoms with E-state index in [0.717, 1.165) is 18.2 Å². The van der Waals surface area contributed by atoms with Crippen LogP contribution >= 0.6 is 0 Å². The number of aromatic amines is 1. The van der Waals surface area contributed by atoms with Crippen molar-refractivity contribution < 1.29 is 23.5 Å². The number of aryl methyl sites for hydroxylation is 1. The number of carboxylic acid groups (broad SMARTS) is 1. The van der Waals surface area contributed by atoms with E-state index in [2.05, 4.69) is 10.2 Å². The fourth-order valence-electron chi connectivity index (χ4n) is 3.30. The number of rotatable bonds is 2. The topological polar surface area (TPSA) is 86.3 Å². The van der Waals surface area contributed by atoms with Crippen LogP contribution in [0.1, 0.15) is 41.2 Å². The molecule has 0 atom stereocenters. The molecule has 0 aliphatic carbocycles. The molecule has 1 aliphatic rings. The van der Waals surface area contributed by atoms with Gasteiger partial charge in [0.1, 0.15) is 11.3 Å². The maximum absolute atomic E-state index is 13.5. The van der Waals surface area contributed by atoms with Gasteiger partial charge >= 0.3 is 5.97 Å². The lowest BCUT2D eigenvalue weighted by molar-refractivity contribution is -0.130. The van der Waals surface area contributed by atoms with E-state index in [0.29, 0.717) is 11.3 Å². The number of nitrogens with zero attached hydrogens (tertiary/aromatic N) is 2. The number of hydrogen-bond donors (Lipinski definition) is 2. The van der Waals surface area contributed by atoms with Crippen LogP contribution in [-0.2, 0) is 10.2 Å². The van der Waals surface area contributed by atoms with Gasteiger partial charge in [0.25, 0.3) is 5.91 Å². The quantitative estimate of drug-likeness (QED) is 0.861. The van der Waals surface area contributed by atoms with Gasteiger partial charge in [0.2, 0.25) is 0 Å². The maximum Gasteiger partial charge on any atom is 0.339 e. The first-order valence-corrected chi connectivity index (χ1v) is 7.89. The van der Waals surface area contributed by atoms with Gasteiger partial charge in [-0.2, -0.15) is 5.10 Å². The van der Waals surface area contributed by atoms with Crippen molar-refractivity contribution in [3.05, 3.63) is 58.5 Å². The average molecular weight is 361 g/mol. The predicted molar refractivity (Wildman–Crippen MR) is 89.4 cm³/mol. The summed E-state index contributed by atoms with van der Waals surface area (Å²) in [5.74, 6) is -4.06. The number of aromatic nitrogens is 2. The number of aliphatic carboxylic acids is 1. The van der Waals surface area contributed by atoms with E-state index in [1.807, 2.05) is 13.8 Å². The third kappa shape index (κ3) is 2.87. The van der Waals surface area contributed by atoms with Gasteiger partial charge in [-0.1, -0.05) is 13.8 Å². The Labute approximate surface area is 148 Å². The highest BCUT2D eigenvalue weighted by atomic mass is 19.2. The predicted octanol–water partition coefficient (Wildman–Crippen LogP) is 2.86. The molecule has 0 fully saturated rings. The van der Waals surface area contributed by atoms with Crippen LogP contribution in [0.15, 0.2) is 24.4 Å². The largest absolute Gasteiger partial charge is 0.478 e. The molecule has 0 saturated heterocycles. The van der Waals surface area contributed by atoms with Crippen LogP contribution < -0.4 is 0 Å². The van der Waals surface area contributed by atoms with Crippen molar-refractivity contribution in [2.75, 3.05) is 6.54 Å². The zero-order valence-corrected chi connectivity index (χ0v) is 14.4. The molecule has 3 rings (SSSR count). The number of amides is 1. The number of nitrogens with one attached hydrogen (secondary N) is 1. The minimum absolute atomic E-state index is 0.0708. The number of H-pyrrole nitrogens is 1. The van der Waals surface area contributed by atoms with Crippen molar-refractivity contribution in [1.29, 1.82) is 0 Å². The molecule has 26 heavy (non-hydrogen) atoms. The van der Waals surface area contributed by atoms with E-state index in [1.165, 1.54) is 11.1 Å². The molecular formula is C18H17F2N3O3. The molecule has 0 saturated carbocycles. The van der Waals surface area contributed by atoms with E-state index in [4.69, 9.17) is 0 Å². The van der Waals surface area contributed by atoms with Crippen molar-refractivity contribution in [3.8, 4) is 0 Å². The Kier molecular flexibility index (Phi) is 4.14. The zero-order valence-electron chi connectivity index (χ0n) is 14.4. The molecule has 6 nitrogen and oxygen atoms in total. The van der Waals surface area contributed by atoms with Crippen molar-refractivity contribution in [2.24, 2.45) is 0 Å². The summed E-state index contributed by atoms with van der Waals surface area (Å²) < 4.78 is 26.6. The Morgan fingerprint density at radius 3 is 2.58 bits per heavy atom. The van der Waals surface area contributed by atoms with Crippen molar-refractivity contribution in [2.45, 2.75) is 26.2 Å². The number of carboxylic acids is 1. The fourth-order valence-corrected chi connectivity index (χ4v) is 3.30. The molecule has 2 heterocycles. The van der Waals surface area contributed by atoms with E-state index in [9.17, 15) is 23.5 Å². The Balaban J connectivity index is 2.11. The molecule has 1 amide bonds. The lowest BCUT2D eigenvalue weighted by Crippen LogP contribution is -2.37. The average Bonchev–Trinajstić information content (AvgIpc) is 2.89. The molecule has 1 aliphatic heterocycles. The normalized spacial score (nSPS) is 15.9. The smallest absolute Gasteiger partial charge is 0.339 e. The third-order valence-electron chi connectivity index (χ3n) is 4.39. The summed E-state index contributed by atoms with van der Waals surface area (Å²) in [5.41, 5.74) is 0.838. The molecule has 1 aromatic heterocycles. The highest BCUT2D eigenvalue weighted by molar-refractivity contribution is 6.16. The van der Waals surface area contributed by atoms with Gasteiger partial charge in [-0.05, 0) is 25.1 Å². The summed E-state index contributed by atoms with van der Waals surface area (Å²) in [4.78, 5) is 25.7. The third-order valence-corrected chi connectivity index (χ3v) is 4.39. The molecular weight excluding hydrogens is 344 g/mol. The maximum atomic E-state index is 13.5. The zero-order chi connectivity index (χ0) is 19.2. The molecule has 2 N–H and O–H groups in total. The summed E-state index contributed by atoms with van der Waals surface area (Å²) in [6.45, 7) is 5.64. The van der Waals surface area contributed by atoms with Crippen molar-refractivity contribution in [3.63, 3.8) is 0 Å². The molecule has 0 radical (unpaired) electrons. The second kappa shape index (κ2) is 6.05. The van der Waals surface area contributed by atoms with Gasteiger partial charge in [0, 0.05) is 35.0 Å². The Morgan fingerprint density at radius 2 is 1.96 bits per heavy atom. The highest BCUT2D eigenvalue weighted by Crippen LogP contribution is 2.36. The minimum atomic E-state index is -1.24. The van der Waals surface area contributed by atoms with Crippen LogP contribution in [0.25, 0.3) is 5.57 Å². The number of hydrogen-bond acceptors (Lipinski definition) is 3. The van der Waals surface area contributed by atoms with Crippen LogP contribution in [0.4, 0.5) is 8.78 Å². The second-order valence-electron chi connectivity index (χ2n) is 6.87.